The fourth-order valence-corrected chi connectivity index (χ4v) is 3.22. The van der Waals surface area contributed by atoms with Gasteiger partial charge in [-0.1, -0.05) is 0 Å². The number of nitrogens with zero attached hydrogens (tertiary/aromatic N) is 4. The second kappa shape index (κ2) is 6.51. The number of alkyl halides is 2. The Balaban J connectivity index is 1.75. The summed E-state index contributed by atoms with van der Waals surface area (Å²) in [6.07, 6.45) is 0.439. The van der Waals surface area contributed by atoms with Crippen molar-refractivity contribution >= 4 is 22.4 Å². The van der Waals surface area contributed by atoms with Gasteiger partial charge in [0.1, 0.15) is 11.5 Å². The molecule has 3 aromatic rings. The van der Waals surface area contributed by atoms with Crippen LogP contribution in [0.25, 0.3) is 22.3 Å². The van der Waals surface area contributed by atoms with E-state index >= 15 is 0 Å². The van der Waals surface area contributed by atoms with Crippen molar-refractivity contribution in [2.45, 2.75) is 32.2 Å². The van der Waals surface area contributed by atoms with Crippen LogP contribution in [0.15, 0.2) is 30.6 Å². The van der Waals surface area contributed by atoms with Gasteiger partial charge < -0.3 is 10.2 Å². The van der Waals surface area contributed by atoms with Crippen LogP contribution in [0.4, 0.5) is 20.3 Å². The quantitative estimate of drug-likeness (QED) is 0.749. The van der Waals surface area contributed by atoms with Crippen molar-refractivity contribution in [3.8, 4) is 11.4 Å². The highest BCUT2D eigenvalue weighted by molar-refractivity contribution is 6.00. The molecule has 2 N–H and O–H groups in total. The average Bonchev–Trinajstić information content (AvgIpc) is 3.19. The third kappa shape index (κ3) is 2.95. The van der Waals surface area contributed by atoms with Crippen LogP contribution in [-0.4, -0.2) is 51.6 Å². The summed E-state index contributed by atoms with van der Waals surface area (Å²) >= 11 is 0. The highest BCUT2D eigenvalue weighted by Crippen LogP contribution is 2.32. The van der Waals surface area contributed by atoms with Crippen LogP contribution in [0.3, 0.4) is 0 Å². The molecule has 136 valence electrons. The smallest absolute Gasteiger partial charge is 0.150 e. The molecule has 1 aliphatic heterocycles. The Morgan fingerprint density at radius 1 is 1.15 bits per heavy atom. The summed E-state index contributed by atoms with van der Waals surface area (Å²) in [6, 6.07) is 5.63. The normalized spacial score (nSPS) is 20.3. The van der Waals surface area contributed by atoms with Crippen molar-refractivity contribution in [2.24, 2.45) is 0 Å². The highest BCUT2D eigenvalue weighted by Gasteiger charge is 2.33. The van der Waals surface area contributed by atoms with Gasteiger partial charge in [-0.15, -0.1) is 0 Å². The number of aromatic nitrogens is 4. The molecule has 0 amide bonds. The lowest BCUT2D eigenvalue weighted by atomic mass is 10.1. The van der Waals surface area contributed by atoms with E-state index in [-0.39, 0.29) is 19.1 Å². The first kappa shape index (κ1) is 16.7. The first-order chi connectivity index (χ1) is 12.5. The zero-order valence-electron chi connectivity index (χ0n) is 14.6. The Labute approximate surface area is 149 Å². The van der Waals surface area contributed by atoms with E-state index in [4.69, 9.17) is 0 Å². The summed E-state index contributed by atoms with van der Waals surface area (Å²) < 4.78 is 27.1. The molecule has 26 heavy (non-hydrogen) atoms. The summed E-state index contributed by atoms with van der Waals surface area (Å²) in [5.74, 6) is 0.724. The first-order valence-corrected chi connectivity index (χ1v) is 8.62. The number of halogens is 2. The molecule has 8 heteroatoms. The molecule has 0 spiro atoms. The standard InChI is InChI=1S/C18H20F2N6/c1-10(2)23-18-16-14(4-6-22-18)24-25-17(16)15-7-11(3-5-21-15)26-8-12(19)13(20)9-26/h3-7,10,12-13H,8-9H2,1-2H3,(H,22,23)(H,24,25)/t12-,13-/m1/s1. The van der Waals surface area contributed by atoms with E-state index in [1.54, 1.807) is 23.4 Å². The molecular weight excluding hydrogens is 338 g/mol. The van der Waals surface area contributed by atoms with Crippen molar-refractivity contribution in [3.63, 3.8) is 0 Å². The second-order valence-electron chi connectivity index (χ2n) is 6.79. The van der Waals surface area contributed by atoms with E-state index in [1.165, 1.54) is 0 Å². The number of hydrogen-bond acceptors (Lipinski definition) is 5. The maximum Gasteiger partial charge on any atom is 0.150 e. The van der Waals surface area contributed by atoms with Crippen molar-refractivity contribution in [2.75, 3.05) is 23.3 Å². The van der Waals surface area contributed by atoms with Gasteiger partial charge in [0, 0.05) is 24.1 Å². The van der Waals surface area contributed by atoms with Gasteiger partial charge in [-0.3, -0.25) is 10.1 Å². The van der Waals surface area contributed by atoms with Crippen LogP contribution in [0.5, 0.6) is 0 Å². The maximum atomic E-state index is 13.5. The third-order valence-corrected chi connectivity index (χ3v) is 4.43. The van der Waals surface area contributed by atoms with Crippen molar-refractivity contribution in [1.82, 2.24) is 20.2 Å². The van der Waals surface area contributed by atoms with Gasteiger partial charge >= 0.3 is 0 Å². The Kier molecular flexibility index (Phi) is 4.18. The van der Waals surface area contributed by atoms with Crippen LogP contribution in [-0.2, 0) is 0 Å². The lowest BCUT2D eigenvalue weighted by molar-refractivity contribution is 0.217. The number of H-pyrrole nitrogens is 1. The summed E-state index contributed by atoms with van der Waals surface area (Å²) in [4.78, 5) is 10.5. The second-order valence-corrected chi connectivity index (χ2v) is 6.79. The van der Waals surface area contributed by atoms with Gasteiger partial charge in [0.05, 0.1) is 29.7 Å². The monoisotopic (exact) mass is 358 g/mol. The molecule has 6 nitrogen and oxygen atoms in total. The van der Waals surface area contributed by atoms with E-state index < -0.39 is 12.3 Å². The van der Waals surface area contributed by atoms with Crippen LogP contribution in [0.2, 0.25) is 0 Å². The third-order valence-electron chi connectivity index (χ3n) is 4.43. The Bertz CT molecular complexity index is 915. The van der Waals surface area contributed by atoms with E-state index in [0.29, 0.717) is 11.4 Å². The van der Waals surface area contributed by atoms with Crippen LogP contribution < -0.4 is 10.2 Å². The van der Waals surface area contributed by atoms with E-state index in [0.717, 1.165) is 22.4 Å². The molecule has 1 fully saturated rings. The predicted octanol–water partition coefficient (Wildman–Crippen LogP) is 3.34. The van der Waals surface area contributed by atoms with Crippen molar-refractivity contribution < 1.29 is 8.78 Å². The summed E-state index contributed by atoms with van der Waals surface area (Å²) in [5, 5.41) is 11.6. The highest BCUT2D eigenvalue weighted by atomic mass is 19.2. The zero-order chi connectivity index (χ0) is 18.3. The van der Waals surface area contributed by atoms with E-state index in [9.17, 15) is 8.78 Å². The Morgan fingerprint density at radius 2 is 1.88 bits per heavy atom. The minimum Gasteiger partial charge on any atom is -0.367 e. The molecule has 1 saturated heterocycles. The van der Waals surface area contributed by atoms with Crippen molar-refractivity contribution in [1.29, 1.82) is 0 Å². The molecule has 2 atom stereocenters. The van der Waals surface area contributed by atoms with Crippen LogP contribution in [0.1, 0.15) is 13.8 Å². The van der Waals surface area contributed by atoms with E-state index in [2.05, 4.69) is 25.5 Å². The SMILES string of the molecule is CC(C)Nc1nccc2[nH]nc(-c3cc(N4C[C@@H](F)[C@H](F)C4)ccn3)c12. The Hall–Kier alpha value is -2.77. The Morgan fingerprint density at radius 3 is 2.62 bits per heavy atom. The van der Waals surface area contributed by atoms with Crippen LogP contribution >= 0.6 is 0 Å². The number of rotatable bonds is 4. The number of nitrogens with one attached hydrogen (secondary N) is 2. The van der Waals surface area contributed by atoms with Crippen LogP contribution in [0, 0.1) is 0 Å². The predicted molar refractivity (Wildman–Crippen MR) is 97.9 cm³/mol. The number of fused-ring (bicyclic) bond motifs is 1. The largest absolute Gasteiger partial charge is 0.367 e. The molecule has 0 bridgehead atoms. The van der Waals surface area contributed by atoms with Gasteiger partial charge in [0.15, 0.2) is 12.3 Å². The maximum absolute atomic E-state index is 13.5. The lowest BCUT2D eigenvalue weighted by Gasteiger charge is -2.17. The number of aromatic amines is 1. The molecule has 4 heterocycles. The number of pyridine rings is 2. The molecule has 0 unspecified atom stereocenters. The fourth-order valence-electron chi connectivity index (χ4n) is 3.22. The van der Waals surface area contributed by atoms with Gasteiger partial charge in [-0.25, -0.2) is 13.8 Å². The molecule has 0 saturated carbocycles. The summed E-state index contributed by atoms with van der Waals surface area (Å²) in [5.41, 5.74) is 2.87. The lowest BCUT2D eigenvalue weighted by Crippen LogP contribution is -2.20. The molecule has 4 rings (SSSR count). The fraction of sp³-hybridized carbons (Fsp3) is 0.389. The topological polar surface area (TPSA) is 69.7 Å². The minimum atomic E-state index is -1.45. The van der Waals surface area contributed by atoms with E-state index in [1.807, 2.05) is 26.0 Å². The molecular formula is C18H20F2N6. The number of hydrogen-bond donors (Lipinski definition) is 2. The molecule has 0 aromatic carbocycles. The average molecular weight is 358 g/mol. The van der Waals surface area contributed by atoms with Gasteiger partial charge in [-0.2, -0.15) is 5.10 Å². The van der Waals surface area contributed by atoms with Crippen molar-refractivity contribution in [3.05, 3.63) is 30.6 Å². The first-order valence-electron chi connectivity index (χ1n) is 8.62. The molecule has 0 aliphatic carbocycles. The minimum absolute atomic E-state index is 0.0492. The summed E-state index contributed by atoms with van der Waals surface area (Å²) in [6.45, 7) is 4.17. The van der Waals surface area contributed by atoms with Gasteiger partial charge in [-0.05, 0) is 32.0 Å². The molecule has 0 radical (unpaired) electrons. The van der Waals surface area contributed by atoms with Gasteiger partial charge in [0.2, 0.25) is 0 Å². The molecule has 3 aromatic heterocycles. The van der Waals surface area contributed by atoms with Gasteiger partial charge in [0.25, 0.3) is 0 Å². The zero-order valence-corrected chi connectivity index (χ0v) is 14.6. The summed E-state index contributed by atoms with van der Waals surface area (Å²) in [7, 11) is 0. The number of anilines is 2. The molecule has 1 aliphatic rings.